The lowest BCUT2D eigenvalue weighted by Crippen LogP contribution is -2.11. The summed E-state index contributed by atoms with van der Waals surface area (Å²) in [6.07, 6.45) is 1.07. The molecule has 0 saturated carbocycles. The highest BCUT2D eigenvalue weighted by Gasteiger charge is 1.98. The van der Waals surface area contributed by atoms with Crippen molar-refractivity contribution in [1.82, 2.24) is 9.97 Å². The molecule has 0 bridgehead atoms. The summed E-state index contributed by atoms with van der Waals surface area (Å²) in [5.41, 5.74) is 2.49. The summed E-state index contributed by atoms with van der Waals surface area (Å²) >= 11 is 0. The molecule has 1 rings (SSSR count). The number of nitrogen functional groups attached to an aromatic ring is 1. The lowest BCUT2D eigenvalue weighted by atomic mass is 10.4. The first-order chi connectivity index (χ1) is 4.74. The Balaban J connectivity index is 3.04. The smallest absolute Gasteiger partial charge is 0.237 e. The molecule has 0 atom stereocenters. The van der Waals surface area contributed by atoms with Gasteiger partial charge in [0.05, 0.1) is 11.9 Å². The molecule has 0 saturated heterocycles. The van der Waals surface area contributed by atoms with Gasteiger partial charge in [-0.25, -0.2) is 20.2 Å². The summed E-state index contributed by atoms with van der Waals surface area (Å²) in [4.78, 5) is 7.20. The van der Waals surface area contributed by atoms with Gasteiger partial charge >= 0.3 is 0 Å². The highest BCUT2D eigenvalue weighted by molar-refractivity contribution is 5.22. The van der Waals surface area contributed by atoms with Crippen molar-refractivity contribution in [3.63, 3.8) is 0 Å². The van der Waals surface area contributed by atoms with Crippen LogP contribution in [0.4, 0.5) is 10.3 Å². The molecule has 1 heterocycles. The third kappa shape index (κ3) is 1.19. The van der Waals surface area contributed by atoms with E-state index in [1.165, 1.54) is 6.92 Å². The van der Waals surface area contributed by atoms with Crippen molar-refractivity contribution in [2.75, 3.05) is 5.43 Å². The van der Waals surface area contributed by atoms with Gasteiger partial charge in [0.2, 0.25) is 5.95 Å². The molecule has 54 valence electrons. The first kappa shape index (κ1) is 6.88. The fourth-order valence-corrected chi connectivity index (χ4v) is 0.522. The Hall–Kier alpha value is -1.23. The van der Waals surface area contributed by atoms with Gasteiger partial charge in [-0.2, -0.15) is 0 Å². The summed E-state index contributed by atoms with van der Waals surface area (Å²) in [6, 6.07) is 0. The molecule has 0 fully saturated rings. The number of hydrogen-bond acceptors (Lipinski definition) is 4. The molecule has 1 aromatic rings. The van der Waals surface area contributed by atoms with E-state index in [1.54, 1.807) is 0 Å². The maximum absolute atomic E-state index is 12.4. The summed E-state index contributed by atoms with van der Waals surface area (Å²) < 4.78 is 12.4. The van der Waals surface area contributed by atoms with Crippen molar-refractivity contribution < 1.29 is 4.39 Å². The zero-order valence-corrected chi connectivity index (χ0v) is 5.43. The van der Waals surface area contributed by atoms with E-state index in [1.807, 2.05) is 0 Å². The van der Waals surface area contributed by atoms with E-state index in [2.05, 4.69) is 15.4 Å². The number of halogens is 1. The predicted octanol–water partition coefficient (Wildman–Crippen LogP) is 0.210. The second-order valence-electron chi connectivity index (χ2n) is 1.77. The number of nitrogens with zero attached hydrogens (tertiary/aromatic N) is 2. The Kier molecular flexibility index (Phi) is 1.77. The predicted molar refractivity (Wildman–Crippen MR) is 34.5 cm³/mol. The second-order valence-corrected chi connectivity index (χ2v) is 1.77. The average Bonchev–Trinajstić information content (AvgIpc) is 1.95. The van der Waals surface area contributed by atoms with Crippen LogP contribution >= 0.6 is 0 Å². The fourth-order valence-electron chi connectivity index (χ4n) is 0.522. The largest absolute Gasteiger partial charge is 0.292 e. The molecule has 0 unspecified atom stereocenters. The van der Waals surface area contributed by atoms with Gasteiger partial charge in [-0.3, -0.25) is 5.43 Å². The van der Waals surface area contributed by atoms with Crippen LogP contribution in [0.15, 0.2) is 6.20 Å². The third-order valence-electron chi connectivity index (χ3n) is 1.05. The molecule has 0 aromatic carbocycles. The molecule has 5 heteroatoms. The van der Waals surface area contributed by atoms with Crippen LogP contribution in [0.3, 0.4) is 0 Å². The van der Waals surface area contributed by atoms with Gasteiger partial charge in [-0.15, -0.1) is 0 Å². The molecular weight excluding hydrogens is 135 g/mol. The Morgan fingerprint density at radius 3 is 2.90 bits per heavy atom. The molecule has 4 nitrogen and oxygen atoms in total. The van der Waals surface area contributed by atoms with Gasteiger partial charge in [0, 0.05) is 0 Å². The normalized spacial score (nSPS) is 9.50. The van der Waals surface area contributed by atoms with Crippen molar-refractivity contribution in [2.45, 2.75) is 6.92 Å². The lowest BCUT2D eigenvalue weighted by Gasteiger charge is -1.97. The highest BCUT2D eigenvalue weighted by atomic mass is 19.1. The molecule has 0 amide bonds. The van der Waals surface area contributed by atoms with Gasteiger partial charge in [0.1, 0.15) is 0 Å². The molecule has 1 aromatic heterocycles. The molecule has 3 N–H and O–H groups in total. The first-order valence-electron chi connectivity index (χ1n) is 2.70. The SMILES string of the molecule is Cc1nc(NN)ncc1F. The summed E-state index contributed by atoms with van der Waals surface area (Å²) in [5, 5.41) is 0. The Morgan fingerprint density at radius 2 is 2.40 bits per heavy atom. The summed E-state index contributed by atoms with van der Waals surface area (Å²) in [7, 11) is 0. The Morgan fingerprint density at radius 1 is 1.70 bits per heavy atom. The quantitative estimate of drug-likeness (QED) is 0.434. The summed E-state index contributed by atoms with van der Waals surface area (Å²) in [5.74, 6) is 4.76. The molecule has 10 heavy (non-hydrogen) atoms. The number of aryl methyl sites for hydroxylation is 1. The van der Waals surface area contributed by atoms with Crippen LogP contribution < -0.4 is 11.3 Å². The number of hydrazine groups is 1. The van der Waals surface area contributed by atoms with E-state index < -0.39 is 5.82 Å². The third-order valence-corrected chi connectivity index (χ3v) is 1.05. The number of aromatic nitrogens is 2. The number of nitrogens with one attached hydrogen (secondary N) is 1. The maximum Gasteiger partial charge on any atom is 0.237 e. The van der Waals surface area contributed by atoms with Crippen LogP contribution in [0.25, 0.3) is 0 Å². The lowest BCUT2D eigenvalue weighted by molar-refractivity contribution is 0.602. The second kappa shape index (κ2) is 2.57. The van der Waals surface area contributed by atoms with Crippen LogP contribution in [0.2, 0.25) is 0 Å². The van der Waals surface area contributed by atoms with Crippen molar-refractivity contribution >= 4 is 5.95 Å². The van der Waals surface area contributed by atoms with Gasteiger partial charge in [0.15, 0.2) is 5.82 Å². The molecular formula is C5H7FN4. The van der Waals surface area contributed by atoms with Gasteiger partial charge in [0.25, 0.3) is 0 Å². The molecule has 0 aliphatic heterocycles. The van der Waals surface area contributed by atoms with Crippen molar-refractivity contribution in [3.8, 4) is 0 Å². The van der Waals surface area contributed by atoms with Crippen molar-refractivity contribution in [1.29, 1.82) is 0 Å². The van der Waals surface area contributed by atoms with Gasteiger partial charge in [-0.1, -0.05) is 0 Å². The van der Waals surface area contributed by atoms with Crippen LogP contribution in [0.5, 0.6) is 0 Å². The van der Waals surface area contributed by atoms with E-state index in [9.17, 15) is 4.39 Å². The Bertz CT molecular complexity index is 237. The Labute approximate surface area is 57.3 Å². The monoisotopic (exact) mass is 142 g/mol. The minimum absolute atomic E-state index is 0.221. The zero-order valence-electron chi connectivity index (χ0n) is 5.43. The van der Waals surface area contributed by atoms with E-state index in [0.717, 1.165) is 6.20 Å². The van der Waals surface area contributed by atoms with Gasteiger partial charge < -0.3 is 0 Å². The fraction of sp³-hybridized carbons (Fsp3) is 0.200. The van der Waals surface area contributed by atoms with E-state index >= 15 is 0 Å². The van der Waals surface area contributed by atoms with Crippen molar-refractivity contribution in [3.05, 3.63) is 17.7 Å². The van der Waals surface area contributed by atoms with Crippen LogP contribution in [-0.2, 0) is 0 Å². The van der Waals surface area contributed by atoms with Crippen LogP contribution in [-0.4, -0.2) is 9.97 Å². The standard InChI is InChI=1S/C5H7FN4/c1-3-4(6)2-8-5(9-3)10-7/h2H,7H2,1H3,(H,8,9,10). The van der Waals surface area contributed by atoms with Crippen molar-refractivity contribution in [2.24, 2.45) is 5.84 Å². The first-order valence-corrected chi connectivity index (χ1v) is 2.70. The molecule has 0 radical (unpaired) electrons. The van der Waals surface area contributed by atoms with E-state index in [4.69, 9.17) is 5.84 Å². The maximum atomic E-state index is 12.4. The average molecular weight is 142 g/mol. The number of hydrogen-bond donors (Lipinski definition) is 2. The zero-order chi connectivity index (χ0) is 7.56. The molecule has 0 aliphatic carbocycles. The molecule has 0 aliphatic rings. The minimum Gasteiger partial charge on any atom is -0.292 e. The highest BCUT2D eigenvalue weighted by Crippen LogP contribution is 2.02. The summed E-state index contributed by atoms with van der Waals surface area (Å²) in [6.45, 7) is 1.54. The molecule has 0 spiro atoms. The number of nitrogens with two attached hydrogens (primary N) is 1. The van der Waals surface area contributed by atoms with Crippen LogP contribution in [0.1, 0.15) is 5.69 Å². The van der Waals surface area contributed by atoms with Gasteiger partial charge in [-0.05, 0) is 6.92 Å². The van der Waals surface area contributed by atoms with E-state index in [0.29, 0.717) is 0 Å². The number of rotatable bonds is 1. The topological polar surface area (TPSA) is 63.8 Å². The van der Waals surface area contributed by atoms with Crippen LogP contribution in [0, 0.1) is 12.7 Å². The van der Waals surface area contributed by atoms with E-state index in [-0.39, 0.29) is 11.6 Å². The minimum atomic E-state index is -0.431. The number of anilines is 1.